The summed E-state index contributed by atoms with van der Waals surface area (Å²) in [5.41, 5.74) is -0.650. The van der Waals surface area contributed by atoms with Crippen LogP contribution in [0.25, 0.3) is 0 Å². The zero-order valence-electron chi connectivity index (χ0n) is 14.9. The summed E-state index contributed by atoms with van der Waals surface area (Å²) in [6.45, 7) is 2.40. The molecule has 1 saturated carbocycles. The van der Waals surface area contributed by atoms with Crippen molar-refractivity contribution in [3.8, 4) is 0 Å². The van der Waals surface area contributed by atoms with Crippen LogP contribution in [0.1, 0.15) is 38.5 Å². The van der Waals surface area contributed by atoms with Crippen LogP contribution in [-0.4, -0.2) is 43.0 Å². The molecule has 25 heavy (non-hydrogen) atoms. The number of ether oxygens (including phenoxy) is 1. The molecular weight excluding hydrogens is 356 g/mol. The van der Waals surface area contributed by atoms with Gasteiger partial charge in [-0.1, -0.05) is 31.0 Å². The van der Waals surface area contributed by atoms with E-state index in [1.807, 2.05) is 17.8 Å². The van der Waals surface area contributed by atoms with E-state index in [9.17, 15) is 4.79 Å². The summed E-state index contributed by atoms with van der Waals surface area (Å²) in [4.78, 5) is 14.1. The van der Waals surface area contributed by atoms with Crippen molar-refractivity contribution >= 4 is 30.1 Å². The number of halogens is 1. The van der Waals surface area contributed by atoms with E-state index >= 15 is 0 Å². The molecule has 0 spiro atoms. The molecule has 0 atom stereocenters. The van der Waals surface area contributed by atoms with Crippen LogP contribution in [0.15, 0.2) is 35.2 Å². The van der Waals surface area contributed by atoms with Gasteiger partial charge in [0.1, 0.15) is 5.60 Å². The van der Waals surface area contributed by atoms with Crippen molar-refractivity contribution in [1.82, 2.24) is 10.6 Å². The number of rotatable bonds is 6. The Labute approximate surface area is 161 Å². The Bertz CT molecular complexity index is 544. The molecule has 2 N–H and O–H groups in total. The van der Waals surface area contributed by atoms with Crippen LogP contribution in [0.2, 0.25) is 0 Å². The quantitative estimate of drug-likeness (QED) is 0.789. The van der Waals surface area contributed by atoms with Gasteiger partial charge in [0.25, 0.3) is 5.91 Å². The lowest BCUT2D eigenvalue weighted by Gasteiger charge is -2.36. The molecule has 0 radical (unpaired) electrons. The predicted octanol–water partition coefficient (Wildman–Crippen LogP) is 3.40. The van der Waals surface area contributed by atoms with Crippen molar-refractivity contribution in [2.24, 2.45) is 0 Å². The molecule has 1 aliphatic heterocycles. The van der Waals surface area contributed by atoms with E-state index in [2.05, 4.69) is 34.9 Å². The minimum absolute atomic E-state index is 0. The van der Waals surface area contributed by atoms with E-state index in [1.165, 1.54) is 17.7 Å². The molecule has 2 fully saturated rings. The number of hydrogen-bond donors (Lipinski definition) is 2. The Kier molecular flexibility index (Phi) is 7.62. The predicted molar refractivity (Wildman–Crippen MR) is 106 cm³/mol. The molecule has 1 amide bonds. The van der Waals surface area contributed by atoms with E-state index in [0.29, 0.717) is 0 Å². The number of benzene rings is 1. The second kappa shape index (κ2) is 9.26. The molecule has 1 aliphatic carbocycles. The first-order chi connectivity index (χ1) is 11.7. The fourth-order valence-corrected chi connectivity index (χ4v) is 5.26. The van der Waals surface area contributed by atoms with Crippen molar-refractivity contribution in [3.05, 3.63) is 30.3 Å². The normalized spacial score (nSPS) is 21.3. The number of amides is 1. The fourth-order valence-electron chi connectivity index (χ4n) is 3.83. The molecule has 4 nitrogen and oxygen atoms in total. The van der Waals surface area contributed by atoms with Crippen molar-refractivity contribution in [3.63, 3.8) is 0 Å². The van der Waals surface area contributed by atoms with Gasteiger partial charge in [0.05, 0.1) is 0 Å². The van der Waals surface area contributed by atoms with Crippen molar-refractivity contribution in [1.29, 1.82) is 0 Å². The summed E-state index contributed by atoms with van der Waals surface area (Å²) in [5, 5.41) is 6.54. The van der Waals surface area contributed by atoms with Gasteiger partial charge in [-0.3, -0.25) is 4.79 Å². The lowest BCUT2D eigenvalue weighted by atomic mass is 9.91. The molecule has 0 unspecified atom stereocenters. The summed E-state index contributed by atoms with van der Waals surface area (Å²) in [5.74, 6) is 0.0615. The first-order valence-corrected chi connectivity index (χ1v) is 9.78. The number of piperidine rings is 1. The zero-order chi connectivity index (χ0) is 16.9. The third-order valence-corrected chi connectivity index (χ3v) is 6.87. The van der Waals surface area contributed by atoms with Crippen molar-refractivity contribution in [2.75, 3.05) is 26.7 Å². The highest BCUT2D eigenvalue weighted by atomic mass is 35.5. The van der Waals surface area contributed by atoms with Crippen molar-refractivity contribution in [2.45, 2.75) is 53.8 Å². The molecule has 1 aromatic carbocycles. The van der Waals surface area contributed by atoms with Gasteiger partial charge in [-0.15, -0.1) is 24.2 Å². The topological polar surface area (TPSA) is 50.4 Å². The van der Waals surface area contributed by atoms with E-state index in [0.717, 1.165) is 45.3 Å². The largest absolute Gasteiger partial charge is 0.368 e. The third-order valence-electron chi connectivity index (χ3n) is 5.38. The molecular formula is C19H29ClN2O2S. The highest BCUT2D eigenvalue weighted by Gasteiger charge is 2.42. The second-order valence-electron chi connectivity index (χ2n) is 6.94. The minimum atomic E-state index is -0.650. The van der Waals surface area contributed by atoms with Crippen molar-refractivity contribution < 1.29 is 9.53 Å². The van der Waals surface area contributed by atoms with Gasteiger partial charge in [0.2, 0.25) is 0 Å². The first-order valence-electron chi connectivity index (χ1n) is 8.96. The summed E-state index contributed by atoms with van der Waals surface area (Å²) in [7, 11) is 1.66. The molecule has 0 bridgehead atoms. The molecule has 1 heterocycles. The van der Waals surface area contributed by atoms with E-state index in [1.54, 1.807) is 7.11 Å². The molecule has 0 aromatic heterocycles. The minimum Gasteiger partial charge on any atom is -0.368 e. The van der Waals surface area contributed by atoms with E-state index < -0.39 is 5.60 Å². The summed E-state index contributed by atoms with van der Waals surface area (Å²) < 4.78 is 5.77. The zero-order valence-corrected chi connectivity index (χ0v) is 16.5. The Morgan fingerprint density at radius 1 is 1.16 bits per heavy atom. The van der Waals surface area contributed by atoms with Gasteiger partial charge in [-0.05, 0) is 50.9 Å². The maximum Gasteiger partial charge on any atom is 0.252 e. The molecule has 1 aromatic rings. The van der Waals surface area contributed by atoms with Gasteiger partial charge in [-0.2, -0.15) is 0 Å². The summed E-state index contributed by atoms with van der Waals surface area (Å²) in [6, 6.07) is 10.5. The van der Waals surface area contributed by atoms with Crippen LogP contribution in [-0.2, 0) is 9.53 Å². The lowest BCUT2D eigenvalue weighted by Crippen LogP contribution is -2.55. The number of carbonyl (C=O) groups is 1. The third kappa shape index (κ3) is 4.91. The number of methoxy groups -OCH3 is 1. The van der Waals surface area contributed by atoms with Gasteiger partial charge in [-0.25, -0.2) is 0 Å². The standard InChI is InChI=1S/C19H28N2O2S.ClH/c1-23-19(11-13-20-14-12-19)17(22)21-15-18(9-5-6-10-18)24-16-7-3-2-4-8-16;/h2-4,7-8,20H,5-6,9-15H2,1H3,(H,21,22);1H. The highest BCUT2D eigenvalue weighted by Crippen LogP contribution is 2.45. The first kappa shape index (κ1) is 20.6. The van der Waals surface area contributed by atoms with Crippen LogP contribution < -0.4 is 10.6 Å². The van der Waals surface area contributed by atoms with Gasteiger partial charge in [0, 0.05) is 23.3 Å². The molecule has 2 aliphatic rings. The van der Waals surface area contributed by atoms with Crippen LogP contribution in [0, 0.1) is 0 Å². The molecule has 6 heteroatoms. The van der Waals surface area contributed by atoms with E-state index in [4.69, 9.17) is 4.74 Å². The van der Waals surface area contributed by atoms with Crippen LogP contribution in [0.5, 0.6) is 0 Å². The van der Waals surface area contributed by atoms with E-state index in [-0.39, 0.29) is 23.1 Å². The second-order valence-corrected chi connectivity index (χ2v) is 8.48. The summed E-state index contributed by atoms with van der Waals surface area (Å²) in [6.07, 6.45) is 6.30. The van der Waals surface area contributed by atoms with Crippen LogP contribution >= 0.6 is 24.2 Å². The van der Waals surface area contributed by atoms with Gasteiger partial charge in [0.15, 0.2) is 0 Å². The Hall–Kier alpha value is -0.750. The number of nitrogens with one attached hydrogen (secondary N) is 2. The summed E-state index contributed by atoms with van der Waals surface area (Å²) >= 11 is 1.93. The highest BCUT2D eigenvalue weighted by molar-refractivity contribution is 8.00. The molecule has 140 valence electrons. The SMILES string of the molecule is COC1(C(=O)NCC2(Sc3ccccc3)CCCC2)CCNCC1.Cl. The Balaban J connectivity index is 0.00000225. The number of thioether (sulfide) groups is 1. The maximum atomic E-state index is 12.8. The lowest BCUT2D eigenvalue weighted by molar-refractivity contribution is -0.146. The van der Waals surface area contributed by atoms with Gasteiger partial charge >= 0.3 is 0 Å². The molecule has 3 rings (SSSR count). The Morgan fingerprint density at radius 3 is 2.40 bits per heavy atom. The average Bonchev–Trinajstić information content (AvgIpc) is 3.10. The monoisotopic (exact) mass is 384 g/mol. The average molecular weight is 385 g/mol. The number of carbonyl (C=O) groups excluding carboxylic acids is 1. The van der Waals surface area contributed by atoms with Gasteiger partial charge < -0.3 is 15.4 Å². The Morgan fingerprint density at radius 2 is 1.80 bits per heavy atom. The number of hydrogen-bond acceptors (Lipinski definition) is 4. The van der Waals surface area contributed by atoms with Crippen LogP contribution in [0.3, 0.4) is 0 Å². The maximum absolute atomic E-state index is 12.8. The van der Waals surface area contributed by atoms with Crippen LogP contribution in [0.4, 0.5) is 0 Å². The smallest absolute Gasteiger partial charge is 0.252 e. The fraction of sp³-hybridized carbons (Fsp3) is 0.632. The molecule has 1 saturated heterocycles.